The van der Waals surface area contributed by atoms with Crippen molar-refractivity contribution in [1.82, 2.24) is 5.32 Å². The number of hydrogen-bond donors (Lipinski definition) is 3. The Labute approximate surface area is 147 Å². The molecule has 0 atom stereocenters. The van der Waals surface area contributed by atoms with Crippen molar-refractivity contribution in [2.75, 3.05) is 5.32 Å². The quantitative estimate of drug-likeness (QED) is 0.320. The number of carbonyl (C=O) groups excluding carboxylic acids is 1. The van der Waals surface area contributed by atoms with Crippen molar-refractivity contribution < 1.29 is 17.8 Å². The van der Waals surface area contributed by atoms with Crippen LogP contribution < -0.4 is 10.6 Å². The van der Waals surface area contributed by atoms with E-state index in [4.69, 9.17) is 4.55 Å². The van der Waals surface area contributed by atoms with Gasteiger partial charge in [0.2, 0.25) is 0 Å². The topological polar surface area (TPSA) is 119 Å². The molecular weight excluding hydrogens is 342 g/mol. The summed E-state index contributed by atoms with van der Waals surface area (Å²) in [5.41, 5.74) is 0.0808. The molecule has 1 aromatic carbocycles. The third-order valence-electron chi connectivity index (χ3n) is 4.07. The molecule has 0 radical (unpaired) electrons. The van der Waals surface area contributed by atoms with Gasteiger partial charge in [-0.25, -0.2) is 0 Å². The molecule has 134 valence electrons. The molecule has 1 fully saturated rings. The molecule has 0 unspecified atom stereocenters. The summed E-state index contributed by atoms with van der Waals surface area (Å²) in [5.74, 6) is -0.642. The summed E-state index contributed by atoms with van der Waals surface area (Å²) in [6, 6.07) is 7.29. The monoisotopic (exact) mass is 363 g/mol. The molecule has 2 rings (SSSR count). The Kier molecular flexibility index (Phi) is 6.56. The summed E-state index contributed by atoms with van der Waals surface area (Å²) in [6.45, 7) is 0. The third kappa shape index (κ3) is 5.89. The van der Waals surface area contributed by atoms with E-state index >= 15 is 0 Å². The van der Waals surface area contributed by atoms with Crippen LogP contribution in [0.2, 0.25) is 0 Å². The summed E-state index contributed by atoms with van der Waals surface area (Å²) >= 11 is 0. The number of anilines is 1. The average molecular weight is 363 g/mol. The van der Waals surface area contributed by atoms with Crippen molar-refractivity contribution in [1.29, 1.82) is 5.26 Å². The number of nitriles is 1. The van der Waals surface area contributed by atoms with Crippen molar-refractivity contribution in [3.63, 3.8) is 0 Å². The Morgan fingerprint density at radius 1 is 1.24 bits per heavy atom. The van der Waals surface area contributed by atoms with Gasteiger partial charge in [-0.15, -0.1) is 0 Å². The normalized spacial score (nSPS) is 16.6. The fraction of sp³-hybridized carbons (Fsp3) is 0.412. The first-order valence-electron chi connectivity index (χ1n) is 8.15. The minimum absolute atomic E-state index is 0.0958. The highest BCUT2D eigenvalue weighted by Gasteiger charge is 2.15. The van der Waals surface area contributed by atoms with E-state index < -0.39 is 16.0 Å². The Bertz CT molecular complexity index is 788. The summed E-state index contributed by atoms with van der Waals surface area (Å²) in [7, 11) is -4.36. The van der Waals surface area contributed by atoms with Crippen LogP contribution in [0.1, 0.15) is 38.5 Å². The van der Waals surface area contributed by atoms with E-state index in [-0.39, 0.29) is 22.2 Å². The zero-order chi connectivity index (χ0) is 18.3. The van der Waals surface area contributed by atoms with Gasteiger partial charge in [0.25, 0.3) is 16.0 Å². The molecule has 0 aliphatic heterocycles. The van der Waals surface area contributed by atoms with Crippen molar-refractivity contribution in [2.45, 2.75) is 49.5 Å². The zero-order valence-corrected chi connectivity index (χ0v) is 14.6. The van der Waals surface area contributed by atoms with Crippen molar-refractivity contribution in [3.05, 3.63) is 36.0 Å². The molecule has 0 aromatic heterocycles. The van der Waals surface area contributed by atoms with Crippen LogP contribution in [0.4, 0.5) is 5.69 Å². The van der Waals surface area contributed by atoms with Crippen LogP contribution in [0.3, 0.4) is 0 Å². The highest BCUT2D eigenvalue weighted by atomic mass is 32.2. The molecule has 1 aliphatic carbocycles. The number of hydrogen-bond acceptors (Lipinski definition) is 5. The van der Waals surface area contributed by atoms with E-state index in [9.17, 15) is 18.5 Å². The zero-order valence-electron chi connectivity index (χ0n) is 13.7. The first-order chi connectivity index (χ1) is 11.9. The maximum atomic E-state index is 12.2. The molecule has 8 heteroatoms. The fourth-order valence-electron chi connectivity index (χ4n) is 2.73. The average Bonchev–Trinajstić information content (AvgIpc) is 2.84. The second-order valence-corrected chi connectivity index (χ2v) is 7.40. The summed E-state index contributed by atoms with van der Waals surface area (Å²) < 4.78 is 31.3. The predicted molar refractivity (Wildman–Crippen MR) is 93.2 cm³/mol. The Morgan fingerprint density at radius 3 is 2.52 bits per heavy atom. The molecule has 1 aromatic rings. The van der Waals surface area contributed by atoms with Crippen LogP contribution in [-0.4, -0.2) is 24.9 Å². The highest BCUT2D eigenvalue weighted by Crippen LogP contribution is 2.18. The summed E-state index contributed by atoms with van der Waals surface area (Å²) in [6.07, 6.45) is 8.09. The number of nitrogens with zero attached hydrogens (tertiary/aromatic N) is 1. The molecular formula is C17H21N3O4S. The van der Waals surface area contributed by atoms with Crippen molar-refractivity contribution in [2.24, 2.45) is 0 Å². The smallest absolute Gasteiger partial charge is 0.294 e. The molecule has 1 aliphatic rings. The second-order valence-electron chi connectivity index (χ2n) is 5.98. The molecule has 0 saturated heterocycles. The third-order valence-corrected chi connectivity index (χ3v) is 4.92. The molecule has 25 heavy (non-hydrogen) atoms. The van der Waals surface area contributed by atoms with Crippen LogP contribution in [0.5, 0.6) is 0 Å². The number of carbonyl (C=O) groups is 1. The van der Waals surface area contributed by atoms with Crippen molar-refractivity contribution in [3.8, 4) is 6.07 Å². The number of rotatable bonds is 5. The van der Waals surface area contributed by atoms with Gasteiger partial charge in [0.1, 0.15) is 11.6 Å². The van der Waals surface area contributed by atoms with Gasteiger partial charge in [0, 0.05) is 17.9 Å². The first kappa shape index (κ1) is 19.0. The Balaban J connectivity index is 2.04. The van der Waals surface area contributed by atoms with Crippen LogP contribution in [0, 0.1) is 11.3 Å². The van der Waals surface area contributed by atoms with Gasteiger partial charge in [-0.3, -0.25) is 9.35 Å². The van der Waals surface area contributed by atoms with Gasteiger partial charge in [-0.05, 0) is 31.0 Å². The van der Waals surface area contributed by atoms with Gasteiger partial charge >= 0.3 is 0 Å². The number of nitrogens with one attached hydrogen (secondary N) is 2. The van der Waals surface area contributed by atoms with Gasteiger partial charge in [-0.2, -0.15) is 13.7 Å². The van der Waals surface area contributed by atoms with Crippen molar-refractivity contribution >= 4 is 21.7 Å². The lowest BCUT2D eigenvalue weighted by atomic mass is 10.1. The van der Waals surface area contributed by atoms with E-state index in [0.717, 1.165) is 31.7 Å². The molecule has 0 spiro atoms. The lowest BCUT2D eigenvalue weighted by Crippen LogP contribution is -2.25. The lowest BCUT2D eigenvalue weighted by molar-refractivity contribution is -0.112. The minimum Gasteiger partial charge on any atom is -0.387 e. The second kappa shape index (κ2) is 8.65. The standard InChI is InChI=1S/C17H21N3O4S/c18-11-13(12-19-14-6-3-1-2-4-7-14)17(21)20-15-8-5-9-16(10-15)25(22,23)24/h5,8-10,12,14,19H,1-4,6-7H2,(H,20,21)(H,22,23,24)/b13-12-. The van der Waals surface area contributed by atoms with E-state index in [1.165, 1.54) is 37.2 Å². The Hall–Kier alpha value is -2.37. The number of benzene rings is 1. The summed E-state index contributed by atoms with van der Waals surface area (Å²) in [5, 5.41) is 14.8. The van der Waals surface area contributed by atoms with Crippen LogP contribution in [0.25, 0.3) is 0 Å². The Morgan fingerprint density at radius 2 is 1.92 bits per heavy atom. The van der Waals surface area contributed by atoms with Gasteiger partial charge < -0.3 is 10.6 Å². The maximum Gasteiger partial charge on any atom is 0.294 e. The van der Waals surface area contributed by atoms with Crippen LogP contribution in [0.15, 0.2) is 40.9 Å². The van der Waals surface area contributed by atoms with E-state index in [1.807, 2.05) is 6.07 Å². The first-order valence-corrected chi connectivity index (χ1v) is 9.59. The minimum atomic E-state index is -4.36. The SMILES string of the molecule is N#C/C(=C/NC1CCCCCC1)C(=O)Nc1cccc(S(=O)(=O)O)c1. The van der Waals surface area contributed by atoms with Gasteiger partial charge in [0.15, 0.2) is 0 Å². The fourth-order valence-corrected chi connectivity index (χ4v) is 3.25. The molecule has 7 nitrogen and oxygen atoms in total. The van der Waals surface area contributed by atoms with E-state index in [1.54, 1.807) is 0 Å². The molecule has 0 bridgehead atoms. The maximum absolute atomic E-state index is 12.2. The molecule has 0 heterocycles. The molecule has 1 saturated carbocycles. The highest BCUT2D eigenvalue weighted by molar-refractivity contribution is 7.85. The molecule has 1 amide bonds. The number of amides is 1. The van der Waals surface area contributed by atoms with Gasteiger partial charge in [0.05, 0.1) is 4.90 Å². The van der Waals surface area contributed by atoms with Crippen LogP contribution >= 0.6 is 0 Å². The summed E-state index contributed by atoms with van der Waals surface area (Å²) in [4.78, 5) is 11.9. The van der Waals surface area contributed by atoms with E-state index in [2.05, 4.69) is 10.6 Å². The predicted octanol–water partition coefficient (Wildman–Crippen LogP) is 2.59. The lowest BCUT2D eigenvalue weighted by Gasteiger charge is -2.14. The largest absolute Gasteiger partial charge is 0.387 e. The molecule has 3 N–H and O–H groups in total. The van der Waals surface area contributed by atoms with Crippen LogP contribution in [-0.2, 0) is 14.9 Å². The van der Waals surface area contributed by atoms with E-state index in [0.29, 0.717) is 0 Å². The van der Waals surface area contributed by atoms with Gasteiger partial charge in [-0.1, -0.05) is 31.7 Å².